The Kier molecular flexibility index (Phi) is 4.46. The van der Waals surface area contributed by atoms with Crippen molar-refractivity contribution in [1.82, 2.24) is 14.8 Å². The fourth-order valence-corrected chi connectivity index (χ4v) is 1.91. The zero-order chi connectivity index (χ0) is 15.5. The number of rotatable bonds is 5. The van der Waals surface area contributed by atoms with E-state index in [0.29, 0.717) is 17.1 Å². The van der Waals surface area contributed by atoms with Crippen LogP contribution in [0.2, 0.25) is 0 Å². The SMILES string of the molecule is C=CCn1c(COc2cccc(C(F)(F)F)c2)n[nH]c1=S. The van der Waals surface area contributed by atoms with Crippen molar-refractivity contribution in [1.29, 1.82) is 0 Å². The Hall–Kier alpha value is -2.09. The van der Waals surface area contributed by atoms with Crippen molar-refractivity contribution in [2.24, 2.45) is 0 Å². The van der Waals surface area contributed by atoms with Gasteiger partial charge in [0, 0.05) is 6.54 Å². The third kappa shape index (κ3) is 3.72. The summed E-state index contributed by atoms with van der Waals surface area (Å²) in [6, 6.07) is 4.67. The number of hydrogen-bond acceptors (Lipinski definition) is 3. The minimum Gasteiger partial charge on any atom is -0.486 e. The van der Waals surface area contributed by atoms with E-state index in [2.05, 4.69) is 16.8 Å². The lowest BCUT2D eigenvalue weighted by Crippen LogP contribution is -2.08. The molecule has 0 aliphatic rings. The molecule has 2 rings (SSSR count). The lowest BCUT2D eigenvalue weighted by molar-refractivity contribution is -0.137. The normalized spacial score (nSPS) is 11.4. The smallest absolute Gasteiger partial charge is 0.416 e. The maximum absolute atomic E-state index is 12.6. The van der Waals surface area contributed by atoms with Crippen LogP contribution in [0.4, 0.5) is 13.2 Å². The average molecular weight is 315 g/mol. The number of hydrogen-bond donors (Lipinski definition) is 1. The third-order valence-electron chi connectivity index (χ3n) is 2.68. The molecule has 1 aromatic heterocycles. The molecule has 112 valence electrons. The van der Waals surface area contributed by atoms with E-state index in [1.807, 2.05) is 0 Å². The minimum atomic E-state index is -4.40. The highest BCUT2D eigenvalue weighted by Gasteiger charge is 2.30. The van der Waals surface area contributed by atoms with Crippen molar-refractivity contribution in [2.45, 2.75) is 19.3 Å². The van der Waals surface area contributed by atoms with E-state index in [9.17, 15) is 13.2 Å². The van der Waals surface area contributed by atoms with Crippen LogP contribution in [-0.4, -0.2) is 14.8 Å². The molecule has 1 N–H and O–H groups in total. The molecule has 2 aromatic rings. The Bertz CT molecular complexity index is 690. The Morgan fingerprint density at radius 3 is 2.86 bits per heavy atom. The molecule has 4 nitrogen and oxygen atoms in total. The topological polar surface area (TPSA) is 42.8 Å². The van der Waals surface area contributed by atoms with E-state index in [4.69, 9.17) is 17.0 Å². The van der Waals surface area contributed by atoms with Crippen LogP contribution in [0.25, 0.3) is 0 Å². The van der Waals surface area contributed by atoms with Gasteiger partial charge in [-0.1, -0.05) is 12.1 Å². The third-order valence-corrected chi connectivity index (χ3v) is 2.99. The summed E-state index contributed by atoms with van der Waals surface area (Å²) in [4.78, 5) is 0. The highest BCUT2D eigenvalue weighted by molar-refractivity contribution is 7.71. The van der Waals surface area contributed by atoms with Gasteiger partial charge < -0.3 is 4.74 Å². The van der Waals surface area contributed by atoms with Crippen LogP contribution < -0.4 is 4.74 Å². The van der Waals surface area contributed by atoms with Gasteiger partial charge in [-0.3, -0.25) is 9.67 Å². The van der Waals surface area contributed by atoms with Gasteiger partial charge in [0.1, 0.15) is 12.4 Å². The van der Waals surface area contributed by atoms with Crippen LogP contribution in [0.5, 0.6) is 5.75 Å². The molecule has 8 heteroatoms. The Morgan fingerprint density at radius 2 is 2.19 bits per heavy atom. The summed E-state index contributed by atoms with van der Waals surface area (Å²) in [5.41, 5.74) is -0.759. The predicted octanol–water partition coefficient (Wildman–Crippen LogP) is 3.72. The standard InChI is InChI=1S/C13H12F3N3OS/c1-2-6-19-11(17-18-12(19)21)8-20-10-5-3-4-9(7-10)13(14,15)16/h2-5,7H,1,6,8H2,(H,18,21). The molecule has 0 radical (unpaired) electrons. The maximum atomic E-state index is 12.6. The zero-order valence-electron chi connectivity index (χ0n) is 10.9. The second-order valence-electron chi connectivity index (χ2n) is 4.16. The Morgan fingerprint density at radius 1 is 1.43 bits per heavy atom. The molecule has 1 aromatic carbocycles. The zero-order valence-corrected chi connectivity index (χ0v) is 11.7. The van der Waals surface area contributed by atoms with Crippen LogP contribution in [0.3, 0.4) is 0 Å². The largest absolute Gasteiger partial charge is 0.486 e. The van der Waals surface area contributed by atoms with Gasteiger partial charge in [-0.25, -0.2) is 0 Å². The Labute approximate surface area is 123 Å². The molecule has 1 heterocycles. The quantitative estimate of drug-likeness (QED) is 0.675. The number of halogens is 3. The summed E-state index contributed by atoms with van der Waals surface area (Å²) in [6.07, 6.45) is -2.76. The van der Waals surface area contributed by atoms with Crippen molar-refractivity contribution in [3.8, 4) is 5.75 Å². The Balaban J connectivity index is 2.14. The molecule has 0 unspecified atom stereocenters. The minimum absolute atomic E-state index is 0.00227. The number of nitrogens with one attached hydrogen (secondary N) is 1. The van der Waals surface area contributed by atoms with Gasteiger partial charge in [0.25, 0.3) is 0 Å². The number of aromatic amines is 1. The van der Waals surface area contributed by atoms with E-state index in [-0.39, 0.29) is 12.4 Å². The summed E-state index contributed by atoms with van der Waals surface area (Å²) < 4.78 is 45.2. The van der Waals surface area contributed by atoms with Crippen molar-refractivity contribution >= 4 is 12.2 Å². The first-order valence-corrected chi connectivity index (χ1v) is 6.37. The summed E-state index contributed by atoms with van der Waals surface area (Å²) in [5.74, 6) is 0.598. The van der Waals surface area contributed by atoms with Crippen molar-refractivity contribution < 1.29 is 17.9 Å². The number of alkyl halides is 3. The lowest BCUT2D eigenvalue weighted by Gasteiger charge is -2.10. The average Bonchev–Trinajstić information content (AvgIpc) is 2.78. The van der Waals surface area contributed by atoms with E-state index in [1.54, 1.807) is 10.6 Å². The molecule has 0 bridgehead atoms. The van der Waals surface area contributed by atoms with E-state index >= 15 is 0 Å². The number of benzene rings is 1. The highest BCUT2D eigenvalue weighted by Crippen LogP contribution is 2.31. The summed E-state index contributed by atoms with van der Waals surface area (Å²) >= 11 is 5.03. The molecule has 0 spiro atoms. The van der Waals surface area contributed by atoms with Gasteiger partial charge in [0.2, 0.25) is 0 Å². The van der Waals surface area contributed by atoms with E-state index in [1.165, 1.54) is 12.1 Å². The molecule has 21 heavy (non-hydrogen) atoms. The number of aromatic nitrogens is 3. The first-order chi connectivity index (χ1) is 9.91. The van der Waals surface area contributed by atoms with Gasteiger partial charge in [-0.15, -0.1) is 6.58 Å². The van der Waals surface area contributed by atoms with Crippen molar-refractivity contribution in [3.63, 3.8) is 0 Å². The molecule has 0 atom stereocenters. The second-order valence-corrected chi connectivity index (χ2v) is 4.55. The molecule has 0 aliphatic heterocycles. The van der Waals surface area contributed by atoms with Gasteiger partial charge >= 0.3 is 6.18 Å². The first-order valence-electron chi connectivity index (χ1n) is 5.97. The van der Waals surface area contributed by atoms with Gasteiger partial charge in [-0.2, -0.15) is 18.3 Å². The van der Waals surface area contributed by atoms with Crippen LogP contribution in [0.15, 0.2) is 36.9 Å². The molecule has 0 saturated carbocycles. The molecule has 0 fully saturated rings. The van der Waals surface area contributed by atoms with Crippen LogP contribution in [0, 0.1) is 4.77 Å². The molecule has 0 amide bonds. The van der Waals surface area contributed by atoms with Crippen molar-refractivity contribution in [2.75, 3.05) is 0 Å². The number of H-pyrrole nitrogens is 1. The molecular weight excluding hydrogens is 303 g/mol. The fourth-order valence-electron chi connectivity index (χ4n) is 1.69. The highest BCUT2D eigenvalue weighted by atomic mass is 32.1. The summed E-state index contributed by atoms with van der Waals surface area (Å²) in [5, 5.41) is 6.57. The van der Waals surface area contributed by atoms with Crippen LogP contribution in [0.1, 0.15) is 11.4 Å². The lowest BCUT2D eigenvalue weighted by atomic mass is 10.2. The van der Waals surface area contributed by atoms with Crippen molar-refractivity contribution in [3.05, 3.63) is 53.1 Å². The molecular formula is C13H12F3N3OS. The second kappa shape index (κ2) is 6.13. The van der Waals surface area contributed by atoms with E-state index < -0.39 is 11.7 Å². The van der Waals surface area contributed by atoms with Gasteiger partial charge in [-0.05, 0) is 30.4 Å². The fraction of sp³-hybridized carbons (Fsp3) is 0.231. The molecule has 0 saturated heterocycles. The maximum Gasteiger partial charge on any atom is 0.416 e. The van der Waals surface area contributed by atoms with Crippen LogP contribution >= 0.6 is 12.2 Å². The van der Waals surface area contributed by atoms with Gasteiger partial charge in [0.05, 0.1) is 5.56 Å². The van der Waals surface area contributed by atoms with Crippen LogP contribution in [-0.2, 0) is 19.3 Å². The number of ether oxygens (including phenoxy) is 1. The number of allylic oxidation sites excluding steroid dienone is 1. The summed E-state index contributed by atoms with van der Waals surface area (Å²) in [7, 11) is 0. The molecule has 0 aliphatic carbocycles. The monoisotopic (exact) mass is 315 g/mol. The van der Waals surface area contributed by atoms with Gasteiger partial charge in [0.15, 0.2) is 10.6 Å². The predicted molar refractivity (Wildman–Crippen MR) is 73.4 cm³/mol. The van der Waals surface area contributed by atoms with E-state index in [0.717, 1.165) is 12.1 Å². The summed E-state index contributed by atoms with van der Waals surface area (Å²) in [6.45, 7) is 4.04. The number of nitrogens with zero attached hydrogens (tertiary/aromatic N) is 2. The first kappa shape index (κ1) is 15.3.